The molecule has 0 radical (unpaired) electrons. The molecule has 1 aliphatic rings. The lowest BCUT2D eigenvalue weighted by atomic mass is 10.1. The summed E-state index contributed by atoms with van der Waals surface area (Å²) in [7, 11) is 1.58. The highest BCUT2D eigenvalue weighted by Crippen LogP contribution is 2.37. The van der Waals surface area contributed by atoms with Crippen LogP contribution in [0.4, 0.5) is 0 Å². The Morgan fingerprint density at radius 2 is 2.25 bits per heavy atom. The second-order valence-corrected chi connectivity index (χ2v) is 6.26. The number of morpholine rings is 1. The van der Waals surface area contributed by atoms with E-state index >= 15 is 0 Å². The Bertz CT molecular complexity index is 582. The maximum atomic E-state index is 11.8. The number of hydrogen-bond donors (Lipinski definition) is 1. The first-order chi connectivity index (χ1) is 11.5. The molecule has 0 saturated carbocycles. The lowest BCUT2D eigenvalue weighted by Gasteiger charge is -2.38. The van der Waals surface area contributed by atoms with Crippen LogP contribution in [-0.4, -0.2) is 49.8 Å². The van der Waals surface area contributed by atoms with Crippen molar-refractivity contribution in [3.8, 4) is 11.5 Å². The first-order valence-corrected chi connectivity index (χ1v) is 8.49. The fourth-order valence-electron chi connectivity index (χ4n) is 2.91. The summed E-state index contributed by atoms with van der Waals surface area (Å²) in [4.78, 5) is 13.8. The third-order valence-electron chi connectivity index (χ3n) is 4.01. The third kappa shape index (κ3) is 4.32. The standard InChI is InChI=1S/C17H25ClN2O4/c1-4-6-24-16-13(18)8-12(9-14(16)22-3)10-20-5-7-23-11(2)15(20)17(19)21/h8-9,11,15H,4-7,10H2,1-3H3,(H2,19,21)/t11-,15+/m1/s1. The monoisotopic (exact) mass is 356 g/mol. The number of benzene rings is 1. The number of nitrogens with two attached hydrogens (primary N) is 1. The number of primary amides is 1. The molecule has 0 spiro atoms. The summed E-state index contributed by atoms with van der Waals surface area (Å²) in [5.74, 6) is 0.748. The average molecular weight is 357 g/mol. The number of rotatable bonds is 7. The van der Waals surface area contributed by atoms with Gasteiger partial charge in [0.25, 0.3) is 0 Å². The summed E-state index contributed by atoms with van der Waals surface area (Å²) in [5.41, 5.74) is 6.47. The van der Waals surface area contributed by atoms with Crippen LogP contribution in [0.1, 0.15) is 25.8 Å². The average Bonchev–Trinajstić information content (AvgIpc) is 2.53. The molecule has 24 heavy (non-hydrogen) atoms. The maximum Gasteiger partial charge on any atom is 0.237 e. The van der Waals surface area contributed by atoms with Gasteiger partial charge in [-0.25, -0.2) is 0 Å². The summed E-state index contributed by atoms with van der Waals surface area (Å²) >= 11 is 6.35. The summed E-state index contributed by atoms with van der Waals surface area (Å²) in [6.07, 6.45) is 0.647. The molecule has 6 nitrogen and oxygen atoms in total. The number of nitrogens with zero attached hydrogens (tertiary/aromatic N) is 1. The van der Waals surface area contributed by atoms with Gasteiger partial charge in [0.15, 0.2) is 11.5 Å². The molecule has 0 unspecified atom stereocenters. The highest BCUT2D eigenvalue weighted by molar-refractivity contribution is 6.32. The Morgan fingerprint density at radius 3 is 2.88 bits per heavy atom. The number of ether oxygens (including phenoxy) is 3. The third-order valence-corrected chi connectivity index (χ3v) is 4.29. The van der Waals surface area contributed by atoms with Gasteiger partial charge >= 0.3 is 0 Å². The molecular formula is C17H25ClN2O4. The topological polar surface area (TPSA) is 74.0 Å². The second-order valence-electron chi connectivity index (χ2n) is 5.85. The predicted molar refractivity (Wildman–Crippen MR) is 92.6 cm³/mol. The van der Waals surface area contributed by atoms with Gasteiger partial charge in [-0.05, 0) is 31.0 Å². The number of hydrogen-bond acceptors (Lipinski definition) is 5. The van der Waals surface area contributed by atoms with E-state index in [4.69, 9.17) is 31.5 Å². The maximum absolute atomic E-state index is 11.8. The van der Waals surface area contributed by atoms with Crippen LogP contribution in [0.3, 0.4) is 0 Å². The van der Waals surface area contributed by atoms with E-state index in [2.05, 4.69) is 0 Å². The molecule has 0 bridgehead atoms. The van der Waals surface area contributed by atoms with Crippen LogP contribution in [-0.2, 0) is 16.1 Å². The van der Waals surface area contributed by atoms with Crippen molar-refractivity contribution in [2.45, 2.75) is 39.0 Å². The van der Waals surface area contributed by atoms with Gasteiger partial charge in [0.1, 0.15) is 6.04 Å². The van der Waals surface area contributed by atoms with E-state index in [1.165, 1.54) is 0 Å². The Morgan fingerprint density at radius 1 is 1.50 bits per heavy atom. The molecule has 1 heterocycles. The van der Waals surface area contributed by atoms with Crippen molar-refractivity contribution in [3.05, 3.63) is 22.7 Å². The van der Waals surface area contributed by atoms with E-state index in [1.807, 2.05) is 30.9 Å². The van der Waals surface area contributed by atoms with E-state index in [1.54, 1.807) is 7.11 Å². The van der Waals surface area contributed by atoms with Crippen molar-refractivity contribution < 1.29 is 19.0 Å². The molecule has 1 aromatic carbocycles. The number of halogens is 1. The Labute approximate surface area is 147 Å². The Hall–Kier alpha value is -1.50. The minimum absolute atomic E-state index is 0.235. The first-order valence-electron chi connectivity index (χ1n) is 8.12. The van der Waals surface area contributed by atoms with Crippen LogP contribution in [0.5, 0.6) is 11.5 Å². The van der Waals surface area contributed by atoms with Gasteiger partial charge in [0.05, 0.1) is 31.5 Å². The number of carbonyl (C=O) groups is 1. The van der Waals surface area contributed by atoms with E-state index in [0.717, 1.165) is 12.0 Å². The van der Waals surface area contributed by atoms with E-state index in [9.17, 15) is 4.79 Å². The van der Waals surface area contributed by atoms with Gasteiger partial charge in [0, 0.05) is 13.1 Å². The lowest BCUT2D eigenvalue weighted by Crippen LogP contribution is -2.56. The zero-order valence-electron chi connectivity index (χ0n) is 14.4. The van der Waals surface area contributed by atoms with E-state index in [-0.39, 0.29) is 12.0 Å². The molecule has 2 rings (SSSR count). The minimum Gasteiger partial charge on any atom is -0.493 e. The first kappa shape index (κ1) is 18.8. The summed E-state index contributed by atoms with van der Waals surface area (Å²) < 4.78 is 16.6. The molecule has 2 N–H and O–H groups in total. The highest BCUT2D eigenvalue weighted by atomic mass is 35.5. The van der Waals surface area contributed by atoms with Crippen LogP contribution >= 0.6 is 11.6 Å². The normalized spacial score (nSPS) is 21.5. The number of amides is 1. The van der Waals surface area contributed by atoms with Crippen molar-refractivity contribution in [2.24, 2.45) is 5.73 Å². The van der Waals surface area contributed by atoms with Crippen molar-refractivity contribution in [3.63, 3.8) is 0 Å². The zero-order valence-corrected chi connectivity index (χ0v) is 15.1. The molecule has 1 amide bonds. The Kier molecular flexibility index (Phi) is 6.71. The predicted octanol–water partition coefficient (Wildman–Crippen LogP) is 2.21. The molecule has 1 fully saturated rings. The molecule has 1 aromatic rings. The molecule has 2 atom stereocenters. The number of methoxy groups -OCH3 is 1. The molecular weight excluding hydrogens is 332 g/mol. The quantitative estimate of drug-likeness (QED) is 0.810. The zero-order chi connectivity index (χ0) is 17.7. The fourth-order valence-corrected chi connectivity index (χ4v) is 3.20. The summed E-state index contributed by atoms with van der Waals surface area (Å²) in [6.45, 7) is 6.18. The van der Waals surface area contributed by atoms with Crippen LogP contribution in [0.2, 0.25) is 5.02 Å². The SMILES string of the molecule is CCCOc1c(Cl)cc(CN2CCO[C@H](C)[C@H]2C(N)=O)cc1OC. The molecule has 0 aromatic heterocycles. The lowest BCUT2D eigenvalue weighted by molar-refractivity contribution is -0.136. The largest absolute Gasteiger partial charge is 0.493 e. The van der Waals surface area contributed by atoms with Crippen LogP contribution < -0.4 is 15.2 Å². The van der Waals surface area contributed by atoms with Gasteiger partial charge in [-0.15, -0.1) is 0 Å². The van der Waals surface area contributed by atoms with Crippen molar-refractivity contribution in [1.82, 2.24) is 4.90 Å². The van der Waals surface area contributed by atoms with Gasteiger partial charge in [-0.1, -0.05) is 18.5 Å². The van der Waals surface area contributed by atoms with E-state index in [0.29, 0.717) is 42.8 Å². The van der Waals surface area contributed by atoms with Crippen molar-refractivity contribution in [1.29, 1.82) is 0 Å². The minimum atomic E-state index is -0.459. The number of carbonyl (C=O) groups excluding carboxylic acids is 1. The fraction of sp³-hybridized carbons (Fsp3) is 0.588. The van der Waals surface area contributed by atoms with Crippen LogP contribution in [0.25, 0.3) is 0 Å². The van der Waals surface area contributed by atoms with Crippen molar-refractivity contribution in [2.75, 3.05) is 26.9 Å². The summed E-state index contributed by atoms with van der Waals surface area (Å²) in [5, 5.41) is 0.495. The van der Waals surface area contributed by atoms with Crippen molar-refractivity contribution >= 4 is 17.5 Å². The van der Waals surface area contributed by atoms with Crippen LogP contribution in [0.15, 0.2) is 12.1 Å². The van der Waals surface area contributed by atoms with Gasteiger partial charge in [0.2, 0.25) is 5.91 Å². The smallest absolute Gasteiger partial charge is 0.237 e. The summed E-state index contributed by atoms with van der Waals surface area (Å²) in [6, 6.07) is 3.27. The van der Waals surface area contributed by atoms with Gasteiger partial charge < -0.3 is 19.9 Å². The van der Waals surface area contributed by atoms with E-state index < -0.39 is 6.04 Å². The molecule has 1 aliphatic heterocycles. The van der Waals surface area contributed by atoms with Gasteiger partial charge in [-0.3, -0.25) is 9.69 Å². The van der Waals surface area contributed by atoms with Crippen LogP contribution in [0, 0.1) is 0 Å². The molecule has 7 heteroatoms. The molecule has 134 valence electrons. The molecule has 0 aliphatic carbocycles. The Balaban J connectivity index is 2.22. The highest BCUT2D eigenvalue weighted by Gasteiger charge is 2.33. The van der Waals surface area contributed by atoms with Gasteiger partial charge in [-0.2, -0.15) is 0 Å². The molecule has 1 saturated heterocycles. The second kappa shape index (κ2) is 8.55.